The number of rotatable bonds is 7. The quantitative estimate of drug-likeness (QED) is 0.785. The Morgan fingerprint density at radius 3 is 2.38 bits per heavy atom. The van der Waals surface area contributed by atoms with E-state index in [1.165, 1.54) is 4.57 Å². The SMILES string of the molecule is CCCc1c(Cl)[nH]c(=O)n(C(CC(C)C)CN(C)C)c1=O. The molecule has 0 saturated heterocycles. The highest BCUT2D eigenvalue weighted by Gasteiger charge is 2.21. The van der Waals surface area contributed by atoms with E-state index in [1.54, 1.807) is 0 Å². The fourth-order valence-corrected chi connectivity index (χ4v) is 2.84. The van der Waals surface area contributed by atoms with Gasteiger partial charge in [0.1, 0.15) is 5.15 Å². The van der Waals surface area contributed by atoms with Crippen molar-refractivity contribution >= 4 is 11.6 Å². The van der Waals surface area contributed by atoms with Crippen LogP contribution in [0, 0.1) is 5.92 Å². The van der Waals surface area contributed by atoms with E-state index in [-0.39, 0.29) is 16.8 Å². The van der Waals surface area contributed by atoms with E-state index in [4.69, 9.17) is 11.6 Å². The van der Waals surface area contributed by atoms with Crippen LogP contribution in [0.3, 0.4) is 0 Å². The Labute approximate surface area is 130 Å². The first kappa shape index (κ1) is 18.0. The first-order chi connectivity index (χ1) is 9.77. The monoisotopic (exact) mass is 315 g/mol. The molecule has 0 aliphatic carbocycles. The van der Waals surface area contributed by atoms with Gasteiger partial charge in [-0.1, -0.05) is 38.8 Å². The lowest BCUT2D eigenvalue weighted by atomic mass is 10.0. The van der Waals surface area contributed by atoms with E-state index in [2.05, 4.69) is 18.8 Å². The van der Waals surface area contributed by atoms with Crippen molar-refractivity contribution in [1.82, 2.24) is 14.5 Å². The molecule has 0 fully saturated rings. The number of nitrogens with one attached hydrogen (secondary N) is 1. The van der Waals surface area contributed by atoms with Crippen LogP contribution in [0.15, 0.2) is 9.59 Å². The predicted octanol–water partition coefficient (Wildman–Crippen LogP) is 2.29. The molecule has 6 heteroatoms. The molecule has 1 aromatic heterocycles. The molecule has 21 heavy (non-hydrogen) atoms. The summed E-state index contributed by atoms with van der Waals surface area (Å²) in [5.74, 6) is 0.395. The molecule has 0 radical (unpaired) electrons. The highest BCUT2D eigenvalue weighted by Crippen LogP contribution is 2.17. The zero-order valence-corrected chi connectivity index (χ0v) is 14.3. The van der Waals surface area contributed by atoms with Crippen LogP contribution in [-0.2, 0) is 6.42 Å². The van der Waals surface area contributed by atoms with E-state index >= 15 is 0 Å². The lowest BCUT2D eigenvalue weighted by Crippen LogP contribution is -2.43. The third-order valence-corrected chi connectivity index (χ3v) is 3.68. The fraction of sp³-hybridized carbons (Fsp3) is 0.733. The van der Waals surface area contributed by atoms with Gasteiger partial charge in [-0.3, -0.25) is 14.3 Å². The summed E-state index contributed by atoms with van der Waals surface area (Å²) in [5.41, 5.74) is -0.165. The van der Waals surface area contributed by atoms with Crippen molar-refractivity contribution in [2.24, 2.45) is 5.92 Å². The van der Waals surface area contributed by atoms with Gasteiger partial charge in [0.05, 0.1) is 11.6 Å². The van der Waals surface area contributed by atoms with E-state index in [0.717, 1.165) is 12.8 Å². The summed E-state index contributed by atoms with van der Waals surface area (Å²) in [6.45, 7) is 6.81. The molecule has 0 aromatic carbocycles. The molecule has 0 aliphatic rings. The summed E-state index contributed by atoms with van der Waals surface area (Å²) in [5, 5.41) is 0.177. The lowest BCUT2D eigenvalue weighted by Gasteiger charge is -2.24. The zero-order chi connectivity index (χ0) is 16.2. The number of hydrogen-bond donors (Lipinski definition) is 1. The number of likely N-dealkylation sites (N-methyl/N-ethyl adjacent to an activating group) is 1. The summed E-state index contributed by atoms with van der Waals surface area (Å²) < 4.78 is 1.34. The van der Waals surface area contributed by atoms with Crippen LogP contribution >= 0.6 is 11.6 Å². The molecule has 0 bridgehead atoms. The molecule has 0 amide bonds. The number of aromatic nitrogens is 2. The normalized spacial score (nSPS) is 13.1. The van der Waals surface area contributed by atoms with Crippen molar-refractivity contribution in [2.45, 2.75) is 46.1 Å². The second-order valence-corrected chi connectivity index (χ2v) is 6.57. The van der Waals surface area contributed by atoms with Gasteiger partial charge in [0.25, 0.3) is 5.56 Å². The average Bonchev–Trinajstić information content (AvgIpc) is 2.32. The molecular weight excluding hydrogens is 290 g/mol. The molecule has 120 valence electrons. The largest absolute Gasteiger partial charge is 0.329 e. The molecule has 1 rings (SSSR count). The van der Waals surface area contributed by atoms with Gasteiger partial charge in [-0.05, 0) is 32.9 Å². The highest BCUT2D eigenvalue weighted by atomic mass is 35.5. The minimum Gasteiger partial charge on any atom is -0.307 e. The van der Waals surface area contributed by atoms with Crippen molar-refractivity contribution in [1.29, 1.82) is 0 Å². The van der Waals surface area contributed by atoms with Gasteiger partial charge in [-0.25, -0.2) is 4.79 Å². The second kappa shape index (κ2) is 7.80. The second-order valence-electron chi connectivity index (χ2n) is 6.19. The van der Waals surface area contributed by atoms with Crippen molar-refractivity contribution < 1.29 is 0 Å². The molecule has 1 aromatic rings. The molecule has 1 heterocycles. The Morgan fingerprint density at radius 2 is 1.90 bits per heavy atom. The van der Waals surface area contributed by atoms with E-state index < -0.39 is 5.69 Å². The van der Waals surface area contributed by atoms with E-state index in [1.807, 2.05) is 25.9 Å². The van der Waals surface area contributed by atoms with Gasteiger partial charge in [-0.15, -0.1) is 0 Å². The highest BCUT2D eigenvalue weighted by molar-refractivity contribution is 6.30. The first-order valence-corrected chi connectivity index (χ1v) is 7.83. The standard InChI is InChI=1S/C15H26ClN3O2/c1-6-7-12-13(16)17-15(21)19(14(12)20)11(8-10(2)3)9-18(4)5/h10-11H,6-9H2,1-5H3,(H,17,21). The van der Waals surface area contributed by atoms with Crippen LogP contribution in [0.5, 0.6) is 0 Å². The van der Waals surface area contributed by atoms with Crippen molar-refractivity contribution in [3.05, 3.63) is 31.6 Å². The Morgan fingerprint density at radius 1 is 1.29 bits per heavy atom. The minimum absolute atomic E-state index is 0.149. The molecule has 1 N–H and O–H groups in total. The van der Waals surface area contributed by atoms with Crippen LogP contribution in [0.1, 0.15) is 45.2 Å². The Bertz CT molecular complexity index is 565. The Hall–Kier alpha value is -1.07. The van der Waals surface area contributed by atoms with Crippen LogP contribution in [0.4, 0.5) is 0 Å². The van der Waals surface area contributed by atoms with Crippen molar-refractivity contribution in [3.8, 4) is 0 Å². The van der Waals surface area contributed by atoms with Crippen LogP contribution in [-0.4, -0.2) is 35.1 Å². The smallest absolute Gasteiger partial charge is 0.307 e. The summed E-state index contributed by atoms with van der Waals surface area (Å²) in [7, 11) is 3.88. The number of halogens is 1. The van der Waals surface area contributed by atoms with Gasteiger partial charge in [0.2, 0.25) is 0 Å². The lowest BCUT2D eigenvalue weighted by molar-refractivity contribution is 0.277. The summed E-state index contributed by atoms with van der Waals surface area (Å²) in [4.78, 5) is 29.5. The van der Waals surface area contributed by atoms with Gasteiger partial charge in [0, 0.05) is 6.54 Å². The predicted molar refractivity (Wildman–Crippen MR) is 87.4 cm³/mol. The number of hydrogen-bond acceptors (Lipinski definition) is 3. The first-order valence-electron chi connectivity index (χ1n) is 7.45. The molecule has 0 aliphatic heterocycles. The van der Waals surface area contributed by atoms with Crippen LogP contribution in [0.2, 0.25) is 5.15 Å². The van der Waals surface area contributed by atoms with Crippen LogP contribution < -0.4 is 11.2 Å². The van der Waals surface area contributed by atoms with Gasteiger partial charge >= 0.3 is 5.69 Å². The fourth-order valence-electron chi connectivity index (χ4n) is 2.59. The molecule has 0 saturated carbocycles. The Kier molecular flexibility index (Phi) is 6.68. The van der Waals surface area contributed by atoms with Crippen molar-refractivity contribution in [3.63, 3.8) is 0 Å². The molecular formula is C15H26ClN3O2. The number of aromatic amines is 1. The van der Waals surface area contributed by atoms with Crippen molar-refractivity contribution in [2.75, 3.05) is 20.6 Å². The number of H-pyrrole nitrogens is 1. The van der Waals surface area contributed by atoms with E-state index in [0.29, 0.717) is 24.4 Å². The molecule has 0 spiro atoms. The molecule has 1 atom stereocenters. The molecule has 1 unspecified atom stereocenters. The minimum atomic E-state index is -0.419. The average molecular weight is 316 g/mol. The maximum Gasteiger partial charge on any atom is 0.329 e. The molecule has 5 nitrogen and oxygen atoms in total. The topological polar surface area (TPSA) is 58.1 Å². The van der Waals surface area contributed by atoms with Gasteiger partial charge in [-0.2, -0.15) is 0 Å². The zero-order valence-electron chi connectivity index (χ0n) is 13.6. The van der Waals surface area contributed by atoms with Crippen LogP contribution in [0.25, 0.3) is 0 Å². The maximum atomic E-state index is 12.6. The Balaban J connectivity index is 3.39. The van der Waals surface area contributed by atoms with Gasteiger partial charge < -0.3 is 4.90 Å². The summed E-state index contributed by atoms with van der Waals surface area (Å²) >= 11 is 6.02. The third kappa shape index (κ3) is 4.71. The third-order valence-electron chi connectivity index (χ3n) is 3.36. The summed E-state index contributed by atoms with van der Waals surface area (Å²) in [6, 6.07) is -0.149. The van der Waals surface area contributed by atoms with Gasteiger partial charge in [0.15, 0.2) is 0 Å². The van der Waals surface area contributed by atoms with E-state index in [9.17, 15) is 9.59 Å². The summed E-state index contributed by atoms with van der Waals surface area (Å²) in [6.07, 6.45) is 2.16. The number of nitrogens with zero attached hydrogens (tertiary/aromatic N) is 2. The maximum absolute atomic E-state index is 12.6.